The molecule has 1 saturated heterocycles. The van der Waals surface area contributed by atoms with Crippen molar-refractivity contribution in [3.8, 4) is 0 Å². The van der Waals surface area contributed by atoms with Gasteiger partial charge in [-0.3, -0.25) is 4.79 Å². The third kappa shape index (κ3) is 4.19. The molecule has 2 aromatic rings. The van der Waals surface area contributed by atoms with Crippen molar-refractivity contribution in [1.29, 1.82) is 0 Å². The molecule has 2 heterocycles. The first-order valence-electron chi connectivity index (χ1n) is 9.32. The predicted octanol–water partition coefficient (Wildman–Crippen LogP) is 2.74. The maximum atomic E-state index is 12.5. The van der Waals surface area contributed by atoms with Crippen LogP contribution in [0.25, 0.3) is 0 Å². The second-order valence-corrected chi connectivity index (χ2v) is 6.59. The largest absolute Gasteiger partial charge is 0.338 e. The minimum atomic E-state index is -0.172. The second kappa shape index (κ2) is 8.27. The summed E-state index contributed by atoms with van der Waals surface area (Å²) in [6.07, 6.45) is 2.62. The Bertz CT molecular complexity index is 751. The molecule has 26 heavy (non-hydrogen) atoms. The molecule has 1 aliphatic rings. The number of piperazine rings is 1. The number of nitrogens with zero attached hydrogens (tertiary/aromatic N) is 4. The van der Waals surface area contributed by atoms with Crippen molar-refractivity contribution in [3.05, 3.63) is 47.3 Å². The number of amides is 1. The number of anilines is 2. The van der Waals surface area contributed by atoms with Gasteiger partial charge in [0.05, 0.1) is 11.3 Å². The van der Waals surface area contributed by atoms with E-state index < -0.39 is 0 Å². The summed E-state index contributed by atoms with van der Waals surface area (Å²) in [5, 5.41) is 2.92. The zero-order chi connectivity index (χ0) is 18.5. The first-order chi connectivity index (χ1) is 12.6. The van der Waals surface area contributed by atoms with Gasteiger partial charge in [0.2, 0.25) is 5.95 Å². The first kappa shape index (κ1) is 18.3. The van der Waals surface area contributed by atoms with Gasteiger partial charge < -0.3 is 15.1 Å². The zero-order valence-corrected chi connectivity index (χ0v) is 15.8. The summed E-state index contributed by atoms with van der Waals surface area (Å²) in [5.74, 6) is 0.538. The van der Waals surface area contributed by atoms with Crippen molar-refractivity contribution in [2.24, 2.45) is 0 Å². The third-order valence-corrected chi connectivity index (χ3v) is 4.93. The monoisotopic (exact) mass is 353 g/mol. The number of aryl methyl sites for hydroxylation is 2. The fourth-order valence-electron chi connectivity index (χ4n) is 3.12. The van der Waals surface area contributed by atoms with Gasteiger partial charge in [0.15, 0.2) is 0 Å². The van der Waals surface area contributed by atoms with Crippen molar-refractivity contribution < 1.29 is 4.79 Å². The molecule has 1 aromatic heterocycles. The van der Waals surface area contributed by atoms with Crippen LogP contribution in [-0.4, -0.2) is 53.5 Å². The molecule has 1 aromatic carbocycles. The van der Waals surface area contributed by atoms with Crippen molar-refractivity contribution in [3.63, 3.8) is 0 Å². The number of carbonyl (C=O) groups excluding carboxylic acids is 1. The van der Waals surface area contributed by atoms with E-state index in [1.54, 1.807) is 6.20 Å². The van der Waals surface area contributed by atoms with Crippen LogP contribution >= 0.6 is 0 Å². The number of likely N-dealkylation sites (N-methyl/N-ethyl adjacent to an activating group) is 1. The van der Waals surface area contributed by atoms with Crippen LogP contribution in [0.2, 0.25) is 0 Å². The molecule has 1 amide bonds. The summed E-state index contributed by atoms with van der Waals surface area (Å²) >= 11 is 0. The van der Waals surface area contributed by atoms with Crippen LogP contribution in [0.5, 0.6) is 0 Å². The van der Waals surface area contributed by atoms with Gasteiger partial charge in [-0.05, 0) is 37.6 Å². The van der Waals surface area contributed by atoms with Gasteiger partial charge in [0.25, 0.3) is 5.91 Å². The van der Waals surface area contributed by atoms with E-state index in [4.69, 9.17) is 0 Å². The Labute approximate surface area is 155 Å². The SMILES string of the molecule is CCc1ccc(NC(=O)c2cnc(N3CCN(CC)CC3)nc2C)cc1. The smallest absolute Gasteiger partial charge is 0.259 e. The average molecular weight is 353 g/mol. The molecule has 6 heteroatoms. The Kier molecular flexibility index (Phi) is 5.83. The highest BCUT2D eigenvalue weighted by Gasteiger charge is 2.19. The second-order valence-electron chi connectivity index (χ2n) is 6.59. The molecule has 0 saturated carbocycles. The van der Waals surface area contributed by atoms with Gasteiger partial charge in [-0.2, -0.15) is 0 Å². The first-order valence-corrected chi connectivity index (χ1v) is 9.32. The van der Waals surface area contributed by atoms with Crippen LogP contribution < -0.4 is 10.2 Å². The number of nitrogens with one attached hydrogen (secondary N) is 1. The number of hydrogen-bond donors (Lipinski definition) is 1. The molecule has 0 spiro atoms. The van der Waals surface area contributed by atoms with Crippen LogP contribution in [-0.2, 0) is 6.42 Å². The molecule has 3 rings (SSSR count). The highest BCUT2D eigenvalue weighted by atomic mass is 16.1. The van der Waals surface area contributed by atoms with E-state index in [0.717, 1.165) is 44.8 Å². The summed E-state index contributed by atoms with van der Waals surface area (Å²) in [7, 11) is 0. The summed E-state index contributed by atoms with van der Waals surface area (Å²) in [6, 6.07) is 7.90. The van der Waals surface area contributed by atoms with Gasteiger partial charge in [-0.1, -0.05) is 26.0 Å². The maximum Gasteiger partial charge on any atom is 0.259 e. The Morgan fingerprint density at radius 1 is 1.12 bits per heavy atom. The van der Waals surface area contributed by atoms with E-state index in [0.29, 0.717) is 17.2 Å². The van der Waals surface area contributed by atoms with E-state index in [2.05, 4.69) is 38.9 Å². The van der Waals surface area contributed by atoms with Gasteiger partial charge in [0.1, 0.15) is 0 Å². The minimum Gasteiger partial charge on any atom is -0.338 e. The van der Waals surface area contributed by atoms with Crippen LogP contribution in [0.3, 0.4) is 0 Å². The lowest BCUT2D eigenvalue weighted by Gasteiger charge is -2.34. The Balaban J connectivity index is 1.67. The van der Waals surface area contributed by atoms with E-state index in [9.17, 15) is 4.79 Å². The van der Waals surface area contributed by atoms with Crippen LogP contribution in [0.4, 0.5) is 11.6 Å². The van der Waals surface area contributed by atoms with Crippen molar-refractivity contribution in [2.45, 2.75) is 27.2 Å². The number of benzene rings is 1. The summed E-state index contributed by atoms with van der Waals surface area (Å²) in [4.78, 5) is 26.2. The maximum absolute atomic E-state index is 12.5. The van der Waals surface area contributed by atoms with E-state index in [-0.39, 0.29) is 5.91 Å². The molecule has 0 aliphatic carbocycles. The fourth-order valence-corrected chi connectivity index (χ4v) is 3.12. The Morgan fingerprint density at radius 3 is 2.38 bits per heavy atom. The summed E-state index contributed by atoms with van der Waals surface area (Å²) in [6.45, 7) is 11.1. The quantitative estimate of drug-likeness (QED) is 0.896. The predicted molar refractivity (Wildman–Crippen MR) is 105 cm³/mol. The molecule has 0 unspecified atom stereocenters. The summed E-state index contributed by atoms with van der Waals surface area (Å²) < 4.78 is 0. The van der Waals surface area contributed by atoms with Crippen LogP contribution in [0, 0.1) is 6.92 Å². The lowest BCUT2D eigenvalue weighted by molar-refractivity contribution is 0.102. The molecule has 1 N–H and O–H groups in total. The van der Waals surface area contributed by atoms with Crippen molar-refractivity contribution >= 4 is 17.5 Å². The van der Waals surface area contributed by atoms with Gasteiger partial charge >= 0.3 is 0 Å². The molecular formula is C20H27N5O. The summed E-state index contributed by atoms with van der Waals surface area (Å²) in [5.41, 5.74) is 3.25. The van der Waals surface area contributed by atoms with E-state index >= 15 is 0 Å². The zero-order valence-electron chi connectivity index (χ0n) is 15.8. The average Bonchev–Trinajstić information content (AvgIpc) is 2.68. The van der Waals surface area contributed by atoms with E-state index in [1.165, 1.54) is 5.56 Å². The van der Waals surface area contributed by atoms with Crippen molar-refractivity contribution in [1.82, 2.24) is 14.9 Å². The fraction of sp³-hybridized carbons (Fsp3) is 0.450. The molecule has 138 valence electrons. The lowest BCUT2D eigenvalue weighted by atomic mass is 10.1. The van der Waals surface area contributed by atoms with Gasteiger partial charge in [-0.15, -0.1) is 0 Å². The number of aromatic nitrogens is 2. The molecule has 6 nitrogen and oxygen atoms in total. The minimum absolute atomic E-state index is 0.172. The number of carbonyl (C=O) groups is 1. The topological polar surface area (TPSA) is 61.4 Å². The molecule has 0 bridgehead atoms. The molecular weight excluding hydrogens is 326 g/mol. The van der Waals surface area contributed by atoms with E-state index in [1.807, 2.05) is 31.2 Å². The number of hydrogen-bond acceptors (Lipinski definition) is 5. The Hall–Kier alpha value is -2.47. The highest BCUT2D eigenvalue weighted by Crippen LogP contribution is 2.16. The number of rotatable bonds is 5. The van der Waals surface area contributed by atoms with Gasteiger partial charge in [0, 0.05) is 38.1 Å². The highest BCUT2D eigenvalue weighted by molar-refractivity contribution is 6.04. The molecule has 0 atom stereocenters. The normalized spacial score (nSPS) is 15.1. The molecule has 1 fully saturated rings. The third-order valence-electron chi connectivity index (χ3n) is 4.93. The van der Waals surface area contributed by atoms with Crippen LogP contribution in [0.1, 0.15) is 35.5 Å². The Morgan fingerprint density at radius 2 is 1.81 bits per heavy atom. The molecule has 0 radical (unpaired) electrons. The standard InChI is InChI=1S/C20H27N5O/c1-4-16-6-8-17(9-7-16)23-19(26)18-14-21-20(22-15(18)3)25-12-10-24(5-2)11-13-25/h6-9,14H,4-5,10-13H2,1-3H3,(H,23,26). The molecule has 1 aliphatic heterocycles. The van der Waals surface area contributed by atoms with Crippen molar-refractivity contribution in [2.75, 3.05) is 42.9 Å². The lowest BCUT2D eigenvalue weighted by Crippen LogP contribution is -2.46. The van der Waals surface area contributed by atoms with Crippen LogP contribution in [0.15, 0.2) is 30.5 Å². The van der Waals surface area contributed by atoms with Gasteiger partial charge in [-0.25, -0.2) is 9.97 Å².